The number of carbonyl (C=O) groups is 1. The fraction of sp³-hybridized carbons (Fsp3) is 0.500. The molecule has 1 aliphatic rings. The summed E-state index contributed by atoms with van der Waals surface area (Å²) in [5, 5.41) is 19.6. The van der Waals surface area contributed by atoms with Crippen molar-refractivity contribution in [3.8, 4) is 11.5 Å². The van der Waals surface area contributed by atoms with E-state index in [9.17, 15) is 15.0 Å². The van der Waals surface area contributed by atoms with Crippen LogP contribution in [0.1, 0.15) is 80.8 Å². The first-order valence-electron chi connectivity index (χ1n) is 11.4. The van der Waals surface area contributed by atoms with Crippen LogP contribution < -0.4 is 0 Å². The summed E-state index contributed by atoms with van der Waals surface area (Å²) >= 11 is 1.82. The predicted molar refractivity (Wildman–Crippen MR) is 126 cm³/mol. The highest BCUT2D eigenvalue weighted by molar-refractivity contribution is 7.99. The zero-order chi connectivity index (χ0) is 22.1. The predicted octanol–water partition coefficient (Wildman–Crippen LogP) is 6.75. The van der Waals surface area contributed by atoms with Crippen molar-refractivity contribution < 1.29 is 19.7 Å². The Morgan fingerprint density at radius 3 is 2.29 bits per heavy atom. The van der Waals surface area contributed by atoms with Crippen molar-refractivity contribution in [2.45, 2.75) is 74.5 Å². The van der Waals surface area contributed by atoms with E-state index in [1.807, 2.05) is 30.0 Å². The van der Waals surface area contributed by atoms with Gasteiger partial charge in [0.2, 0.25) is 0 Å². The van der Waals surface area contributed by atoms with Crippen molar-refractivity contribution in [1.82, 2.24) is 0 Å². The van der Waals surface area contributed by atoms with E-state index in [2.05, 4.69) is 10.8 Å². The van der Waals surface area contributed by atoms with Crippen molar-refractivity contribution in [3.63, 3.8) is 0 Å². The van der Waals surface area contributed by atoms with E-state index < -0.39 is 0 Å². The summed E-state index contributed by atoms with van der Waals surface area (Å²) in [6.07, 6.45) is 9.70. The van der Waals surface area contributed by atoms with E-state index in [4.69, 9.17) is 0 Å². The number of hydrogen-bond donors (Lipinski definition) is 2. The first kappa shape index (κ1) is 23.5. The molecular weight excluding hydrogens is 408 g/mol. The summed E-state index contributed by atoms with van der Waals surface area (Å²) in [5.41, 5.74) is 2.62. The molecule has 1 heterocycles. The fourth-order valence-corrected chi connectivity index (χ4v) is 5.87. The standard InChI is InChI=1S/C26H34O4S/c1-30-26(29)10-8-6-4-2-3-5-7-9-22-23-16-15-21(28)17-25(23)31-18-24(22)19-11-13-20(27)14-12-19/h11-17,22,24,27-28H,2-10,18H2,1H3. The lowest BCUT2D eigenvalue weighted by Gasteiger charge is -2.34. The van der Waals surface area contributed by atoms with Crippen LogP contribution in [0.25, 0.3) is 0 Å². The average molecular weight is 443 g/mol. The van der Waals surface area contributed by atoms with Crippen LogP contribution in [0, 0.1) is 0 Å². The van der Waals surface area contributed by atoms with Crippen LogP contribution >= 0.6 is 11.8 Å². The monoisotopic (exact) mass is 442 g/mol. The number of unbranched alkanes of at least 4 members (excludes halogenated alkanes) is 6. The molecule has 0 amide bonds. The molecule has 0 bridgehead atoms. The molecular formula is C26H34O4S. The third-order valence-corrected chi connectivity index (χ3v) is 7.44. The third kappa shape index (κ3) is 6.93. The van der Waals surface area contributed by atoms with Crippen LogP contribution in [-0.4, -0.2) is 29.0 Å². The molecule has 31 heavy (non-hydrogen) atoms. The smallest absolute Gasteiger partial charge is 0.305 e. The van der Waals surface area contributed by atoms with Crippen LogP contribution in [0.2, 0.25) is 0 Å². The van der Waals surface area contributed by atoms with Crippen molar-refractivity contribution in [3.05, 3.63) is 53.6 Å². The zero-order valence-corrected chi connectivity index (χ0v) is 19.2. The Morgan fingerprint density at radius 2 is 1.58 bits per heavy atom. The zero-order valence-electron chi connectivity index (χ0n) is 18.4. The summed E-state index contributed by atoms with van der Waals surface area (Å²) in [7, 11) is 1.45. The lowest BCUT2D eigenvalue weighted by atomic mass is 9.79. The molecule has 0 aromatic heterocycles. The molecule has 5 heteroatoms. The van der Waals surface area contributed by atoms with Crippen LogP contribution in [-0.2, 0) is 9.53 Å². The minimum Gasteiger partial charge on any atom is -0.508 e. The van der Waals surface area contributed by atoms with Crippen molar-refractivity contribution in [2.24, 2.45) is 0 Å². The topological polar surface area (TPSA) is 66.8 Å². The maximum Gasteiger partial charge on any atom is 0.305 e. The molecule has 2 unspecified atom stereocenters. The number of thioether (sulfide) groups is 1. The van der Waals surface area contributed by atoms with Gasteiger partial charge in [-0.1, -0.05) is 56.7 Å². The summed E-state index contributed by atoms with van der Waals surface area (Å²) in [6, 6.07) is 13.5. The highest BCUT2D eigenvalue weighted by Gasteiger charge is 2.31. The van der Waals surface area contributed by atoms with E-state index >= 15 is 0 Å². The maximum atomic E-state index is 11.1. The second-order valence-corrected chi connectivity index (χ2v) is 9.49. The van der Waals surface area contributed by atoms with Crippen LogP contribution in [0.15, 0.2) is 47.4 Å². The van der Waals surface area contributed by atoms with Gasteiger partial charge in [-0.25, -0.2) is 0 Å². The Labute approximate surface area is 190 Å². The summed E-state index contributed by atoms with van der Waals surface area (Å²) in [5.74, 6) is 2.37. The lowest BCUT2D eigenvalue weighted by molar-refractivity contribution is -0.140. The van der Waals surface area contributed by atoms with Gasteiger partial charge >= 0.3 is 5.97 Å². The molecule has 1 aliphatic heterocycles. The number of fused-ring (bicyclic) bond motifs is 1. The van der Waals surface area contributed by atoms with Gasteiger partial charge in [0.1, 0.15) is 11.5 Å². The molecule has 0 fully saturated rings. The summed E-state index contributed by atoms with van der Waals surface area (Å²) < 4.78 is 4.68. The van der Waals surface area contributed by atoms with E-state index in [0.717, 1.165) is 25.0 Å². The number of ether oxygens (including phenoxy) is 1. The molecule has 2 aromatic carbocycles. The van der Waals surface area contributed by atoms with Crippen LogP contribution in [0.3, 0.4) is 0 Å². The molecule has 2 atom stereocenters. The van der Waals surface area contributed by atoms with Crippen molar-refractivity contribution >= 4 is 17.7 Å². The number of benzene rings is 2. The van der Waals surface area contributed by atoms with Gasteiger partial charge in [0, 0.05) is 23.0 Å². The minimum atomic E-state index is -0.109. The Kier molecular flexibility index (Phi) is 9.13. The molecule has 0 radical (unpaired) electrons. The van der Waals surface area contributed by atoms with E-state index in [1.165, 1.54) is 55.2 Å². The second-order valence-electron chi connectivity index (χ2n) is 8.43. The summed E-state index contributed by atoms with van der Waals surface area (Å²) in [4.78, 5) is 12.3. The number of phenolic OH excluding ortho intramolecular Hbond substituents is 2. The second kappa shape index (κ2) is 12.0. The number of phenols is 2. The lowest BCUT2D eigenvalue weighted by Crippen LogP contribution is -2.19. The molecule has 168 valence electrons. The van der Waals surface area contributed by atoms with Gasteiger partial charge in [-0.15, -0.1) is 11.8 Å². The van der Waals surface area contributed by atoms with E-state index in [-0.39, 0.29) is 5.97 Å². The SMILES string of the molecule is COC(=O)CCCCCCCCCC1c2ccc(O)cc2SCC1c1ccc(O)cc1. The Bertz CT molecular complexity index is 834. The molecule has 4 nitrogen and oxygen atoms in total. The molecule has 0 saturated heterocycles. The van der Waals surface area contributed by atoms with Gasteiger partial charge in [0.25, 0.3) is 0 Å². The first-order chi connectivity index (χ1) is 15.1. The van der Waals surface area contributed by atoms with Crippen LogP contribution in [0.5, 0.6) is 11.5 Å². The van der Waals surface area contributed by atoms with Gasteiger partial charge in [0.15, 0.2) is 0 Å². The molecule has 2 aromatic rings. The molecule has 0 saturated carbocycles. The van der Waals surface area contributed by atoms with Gasteiger partial charge in [-0.3, -0.25) is 4.79 Å². The normalized spacial score (nSPS) is 17.8. The van der Waals surface area contributed by atoms with Crippen molar-refractivity contribution in [2.75, 3.05) is 12.9 Å². The number of hydrogen-bond acceptors (Lipinski definition) is 5. The number of carbonyl (C=O) groups excluding carboxylic acids is 1. The van der Waals surface area contributed by atoms with Crippen molar-refractivity contribution in [1.29, 1.82) is 0 Å². The Morgan fingerprint density at radius 1 is 0.935 bits per heavy atom. The van der Waals surface area contributed by atoms with Gasteiger partial charge in [-0.05, 0) is 54.2 Å². The van der Waals surface area contributed by atoms with E-state index in [0.29, 0.717) is 29.8 Å². The third-order valence-electron chi connectivity index (χ3n) is 6.25. The maximum absolute atomic E-state index is 11.1. The fourth-order valence-electron chi connectivity index (χ4n) is 4.49. The Hall–Kier alpha value is -2.14. The van der Waals surface area contributed by atoms with Gasteiger partial charge in [0.05, 0.1) is 7.11 Å². The quantitative estimate of drug-likeness (QED) is 0.297. The largest absolute Gasteiger partial charge is 0.508 e. The molecule has 0 spiro atoms. The highest BCUT2D eigenvalue weighted by Crippen LogP contribution is 2.49. The van der Waals surface area contributed by atoms with E-state index in [1.54, 1.807) is 18.2 Å². The Balaban J connectivity index is 1.51. The molecule has 2 N–H and O–H groups in total. The number of methoxy groups -OCH3 is 1. The minimum absolute atomic E-state index is 0.109. The average Bonchev–Trinajstić information content (AvgIpc) is 2.78. The number of aromatic hydroxyl groups is 2. The molecule has 0 aliphatic carbocycles. The van der Waals surface area contributed by atoms with Gasteiger partial charge in [-0.2, -0.15) is 0 Å². The van der Waals surface area contributed by atoms with Crippen LogP contribution in [0.4, 0.5) is 0 Å². The first-order valence-corrected chi connectivity index (χ1v) is 12.4. The number of rotatable bonds is 11. The highest BCUT2D eigenvalue weighted by atomic mass is 32.2. The van der Waals surface area contributed by atoms with Gasteiger partial charge < -0.3 is 14.9 Å². The summed E-state index contributed by atoms with van der Waals surface area (Å²) in [6.45, 7) is 0. The number of esters is 1. The molecule has 3 rings (SSSR count).